The fourth-order valence-corrected chi connectivity index (χ4v) is 3.43. The summed E-state index contributed by atoms with van der Waals surface area (Å²) in [5, 5.41) is 9.57. The number of carbonyl (C=O) groups excluding carboxylic acids is 1. The van der Waals surface area contributed by atoms with E-state index in [4.69, 9.17) is 4.74 Å². The summed E-state index contributed by atoms with van der Waals surface area (Å²) in [6, 6.07) is 0. The first kappa shape index (κ1) is 24.0. The van der Waals surface area contributed by atoms with Crippen molar-refractivity contribution in [3.63, 3.8) is 0 Å². The lowest BCUT2D eigenvalue weighted by Gasteiger charge is -2.42. The molecular weight excluding hydrogens is 378 g/mol. The quantitative estimate of drug-likeness (QED) is 0.349. The molecular formula is C18H28F6O3. The van der Waals surface area contributed by atoms with Crippen LogP contribution < -0.4 is 0 Å². The lowest BCUT2D eigenvalue weighted by Crippen LogP contribution is -2.62. The van der Waals surface area contributed by atoms with Crippen molar-refractivity contribution in [2.45, 2.75) is 83.7 Å². The zero-order valence-corrected chi connectivity index (χ0v) is 15.8. The molecule has 1 rings (SSSR count). The highest BCUT2D eigenvalue weighted by molar-refractivity contribution is 5.75. The van der Waals surface area contributed by atoms with E-state index in [0.29, 0.717) is 25.7 Å². The molecule has 3 nitrogen and oxygen atoms in total. The number of rotatable bonds is 7. The van der Waals surface area contributed by atoms with Gasteiger partial charge in [0.2, 0.25) is 0 Å². The van der Waals surface area contributed by atoms with Crippen LogP contribution >= 0.6 is 0 Å². The first-order chi connectivity index (χ1) is 12.2. The predicted molar refractivity (Wildman–Crippen MR) is 86.8 cm³/mol. The smallest absolute Gasteiger partial charge is 0.426 e. The standard InChI is InChI=1S/C18H28F6O3/c1-4-15(2,3)14(25)27-10-6-8-12-7-5-9-13(11-12)16(26,17(19,20)21)18(22,23)24/h12-13,26H,4-11H2,1-3H3. The SMILES string of the molecule is CCC(C)(C)C(=O)OCCCC1CCCC(C(O)(C(F)(F)F)C(F)(F)F)C1. The average Bonchev–Trinajstić information content (AvgIpc) is 2.55. The summed E-state index contributed by atoms with van der Waals surface area (Å²) in [4.78, 5) is 11.8. The van der Waals surface area contributed by atoms with Crippen molar-refractivity contribution in [1.29, 1.82) is 0 Å². The van der Waals surface area contributed by atoms with Crippen molar-refractivity contribution in [2.75, 3.05) is 6.61 Å². The van der Waals surface area contributed by atoms with E-state index in [9.17, 15) is 36.2 Å². The van der Waals surface area contributed by atoms with Crippen molar-refractivity contribution >= 4 is 5.97 Å². The summed E-state index contributed by atoms with van der Waals surface area (Å²) in [6.45, 7) is 5.38. The summed E-state index contributed by atoms with van der Waals surface area (Å²) < 4.78 is 83.3. The summed E-state index contributed by atoms with van der Waals surface area (Å²) in [5.74, 6) is -2.68. The Kier molecular flexibility index (Phi) is 7.64. The van der Waals surface area contributed by atoms with Gasteiger partial charge in [-0.15, -0.1) is 0 Å². The Labute approximate surface area is 155 Å². The Morgan fingerprint density at radius 2 is 1.63 bits per heavy atom. The van der Waals surface area contributed by atoms with Crippen LogP contribution in [0.2, 0.25) is 0 Å². The van der Waals surface area contributed by atoms with Gasteiger partial charge < -0.3 is 9.84 Å². The van der Waals surface area contributed by atoms with E-state index in [0.717, 1.165) is 0 Å². The van der Waals surface area contributed by atoms with Crippen molar-refractivity contribution in [2.24, 2.45) is 17.3 Å². The predicted octanol–water partition coefficient (Wildman–Crippen LogP) is 5.41. The van der Waals surface area contributed by atoms with Crippen LogP contribution in [0.1, 0.15) is 65.7 Å². The molecule has 0 aliphatic heterocycles. The lowest BCUT2D eigenvalue weighted by molar-refractivity contribution is -0.387. The second kappa shape index (κ2) is 8.57. The van der Waals surface area contributed by atoms with Crippen LogP contribution in [0.25, 0.3) is 0 Å². The Bertz CT molecular complexity index is 484. The van der Waals surface area contributed by atoms with Crippen LogP contribution in [0, 0.1) is 17.3 Å². The normalized spacial score (nSPS) is 22.6. The third-order valence-electron chi connectivity index (χ3n) is 5.66. The topological polar surface area (TPSA) is 46.5 Å². The van der Waals surface area contributed by atoms with Gasteiger partial charge in [-0.1, -0.05) is 19.8 Å². The second-order valence-electron chi connectivity index (χ2n) is 8.01. The van der Waals surface area contributed by atoms with Crippen LogP contribution in [0.15, 0.2) is 0 Å². The molecule has 0 aromatic rings. The Morgan fingerprint density at radius 1 is 1.07 bits per heavy atom. The van der Waals surface area contributed by atoms with Gasteiger partial charge >= 0.3 is 18.3 Å². The monoisotopic (exact) mass is 406 g/mol. The van der Waals surface area contributed by atoms with Gasteiger partial charge in [0.15, 0.2) is 0 Å². The van der Waals surface area contributed by atoms with Gasteiger partial charge in [0.05, 0.1) is 12.0 Å². The molecule has 2 unspecified atom stereocenters. The number of alkyl halides is 6. The molecule has 160 valence electrons. The minimum atomic E-state index is -5.78. The first-order valence-electron chi connectivity index (χ1n) is 9.20. The van der Waals surface area contributed by atoms with E-state index < -0.39 is 29.3 Å². The minimum absolute atomic E-state index is 0.0756. The summed E-state index contributed by atoms with van der Waals surface area (Å²) in [5.41, 5.74) is -5.32. The van der Waals surface area contributed by atoms with E-state index in [-0.39, 0.29) is 37.8 Å². The molecule has 0 aromatic heterocycles. The molecule has 0 amide bonds. The van der Waals surface area contributed by atoms with E-state index in [1.165, 1.54) is 0 Å². The number of hydrogen-bond acceptors (Lipinski definition) is 3. The van der Waals surface area contributed by atoms with Gasteiger partial charge in [-0.25, -0.2) is 0 Å². The molecule has 0 radical (unpaired) electrons. The third kappa shape index (κ3) is 5.51. The fourth-order valence-electron chi connectivity index (χ4n) is 3.43. The number of carbonyl (C=O) groups is 1. The molecule has 1 fully saturated rings. The molecule has 1 saturated carbocycles. The molecule has 0 heterocycles. The highest BCUT2D eigenvalue weighted by atomic mass is 19.4. The molecule has 1 aliphatic carbocycles. The highest BCUT2D eigenvalue weighted by Crippen LogP contribution is 2.52. The van der Waals surface area contributed by atoms with E-state index >= 15 is 0 Å². The third-order valence-corrected chi connectivity index (χ3v) is 5.66. The van der Waals surface area contributed by atoms with Crippen LogP contribution in [-0.2, 0) is 9.53 Å². The molecule has 27 heavy (non-hydrogen) atoms. The highest BCUT2D eigenvalue weighted by Gasteiger charge is 2.73. The molecule has 1 aliphatic rings. The maximum Gasteiger partial charge on any atom is 0.426 e. The fraction of sp³-hybridized carbons (Fsp3) is 0.944. The molecule has 0 aromatic carbocycles. The van der Waals surface area contributed by atoms with Gasteiger partial charge in [-0.2, -0.15) is 26.3 Å². The zero-order chi connectivity index (χ0) is 21.1. The van der Waals surface area contributed by atoms with E-state index in [1.807, 2.05) is 6.92 Å². The van der Waals surface area contributed by atoms with Gasteiger partial charge in [-0.05, 0) is 51.9 Å². The van der Waals surface area contributed by atoms with Gasteiger partial charge in [0.1, 0.15) is 0 Å². The number of ether oxygens (including phenoxy) is 1. The number of aliphatic hydroxyl groups is 1. The van der Waals surface area contributed by atoms with Crippen LogP contribution in [0.5, 0.6) is 0 Å². The van der Waals surface area contributed by atoms with Gasteiger partial charge in [0, 0.05) is 5.92 Å². The zero-order valence-electron chi connectivity index (χ0n) is 15.8. The van der Waals surface area contributed by atoms with E-state index in [1.54, 1.807) is 13.8 Å². The number of halogens is 6. The summed E-state index contributed by atoms with van der Waals surface area (Å²) in [6.07, 6.45) is -10.3. The maximum atomic E-state index is 13.0. The van der Waals surface area contributed by atoms with Crippen LogP contribution in [0.3, 0.4) is 0 Å². The van der Waals surface area contributed by atoms with E-state index in [2.05, 4.69) is 0 Å². The maximum absolute atomic E-state index is 13.0. The molecule has 1 N–H and O–H groups in total. The Morgan fingerprint density at radius 3 is 2.11 bits per heavy atom. The van der Waals surface area contributed by atoms with Crippen molar-refractivity contribution in [3.05, 3.63) is 0 Å². The first-order valence-corrected chi connectivity index (χ1v) is 9.20. The molecule has 0 spiro atoms. The molecule has 0 bridgehead atoms. The van der Waals surface area contributed by atoms with Gasteiger partial charge in [-0.3, -0.25) is 4.79 Å². The van der Waals surface area contributed by atoms with Gasteiger partial charge in [0.25, 0.3) is 5.60 Å². The van der Waals surface area contributed by atoms with Crippen molar-refractivity contribution in [3.8, 4) is 0 Å². The van der Waals surface area contributed by atoms with Crippen molar-refractivity contribution < 1.29 is 41.0 Å². The largest absolute Gasteiger partial charge is 0.465 e. The molecule has 0 saturated heterocycles. The molecule has 9 heteroatoms. The second-order valence-corrected chi connectivity index (χ2v) is 8.01. The molecule has 2 atom stereocenters. The Hall–Kier alpha value is -0.990. The van der Waals surface area contributed by atoms with Crippen LogP contribution in [-0.4, -0.2) is 35.6 Å². The number of hydrogen-bond donors (Lipinski definition) is 1. The minimum Gasteiger partial charge on any atom is -0.465 e. The number of esters is 1. The summed E-state index contributed by atoms with van der Waals surface area (Å²) >= 11 is 0. The average molecular weight is 406 g/mol. The summed E-state index contributed by atoms with van der Waals surface area (Å²) in [7, 11) is 0. The van der Waals surface area contributed by atoms with Crippen LogP contribution in [0.4, 0.5) is 26.3 Å². The van der Waals surface area contributed by atoms with Crippen molar-refractivity contribution in [1.82, 2.24) is 0 Å². The Balaban J connectivity index is 2.63. The lowest BCUT2D eigenvalue weighted by atomic mass is 9.71.